The quantitative estimate of drug-likeness (QED) is 0.295. The topological polar surface area (TPSA) is 67.9 Å². The molecular formula is C31H38N2O4. The molecular weight excluding hydrogens is 464 g/mol. The Balaban J connectivity index is 1.95. The van der Waals surface area contributed by atoms with Crippen molar-refractivity contribution in [3.8, 4) is 0 Å². The van der Waals surface area contributed by atoms with E-state index in [-0.39, 0.29) is 24.5 Å². The number of carbonyl (C=O) groups excluding carboxylic acids is 2. The minimum absolute atomic E-state index is 0.0281. The van der Waals surface area contributed by atoms with Crippen LogP contribution in [0, 0.1) is 0 Å². The standard InChI is InChI=1S/C31H38N2O4/c1-6-36-29(34)21-28(26-17-19-27(20-18-26)32-30(35)37-31(3,4)5)33(22-24-13-9-7-10-14-24)23(2)25-15-11-8-12-16-25/h7-20,23,28H,6,21-22H2,1-5H3,(H,32,35)/t23-,28+/m1/s1. The fraction of sp³-hybridized carbons (Fsp3) is 0.355. The number of hydrogen-bond donors (Lipinski definition) is 1. The molecule has 1 amide bonds. The van der Waals surface area contributed by atoms with Gasteiger partial charge in [-0.15, -0.1) is 0 Å². The highest BCUT2D eigenvalue weighted by Crippen LogP contribution is 2.35. The molecule has 0 aliphatic heterocycles. The number of hydrogen-bond acceptors (Lipinski definition) is 5. The molecule has 2 atom stereocenters. The summed E-state index contributed by atoms with van der Waals surface area (Å²) in [4.78, 5) is 27.3. The number of ether oxygens (including phenoxy) is 2. The number of anilines is 1. The van der Waals surface area contributed by atoms with Crippen LogP contribution < -0.4 is 5.32 Å². The van der Waals surface area contributed by atoms with Crippen LogP contribution in [-0.4, -0.2) is 29.2 Å². The van der Waals surface area contributed by atoms with Gasteiger partial charge in [0.1, 0.15) is 5.60 Å². The van der Waals surface area contributed by atoms with Crippen molar-refractivity contribution >= 4 is 17.7 Å². The molecule has 37 heavy (non-hydrogen) atoms. The summed E-state index contributed by atoms with van der Waals surface area (Å²) in [5.41, 5.74) is 3.32. The Kier molecular flexibility index (Phi) is 9.86. The van der Waals surface area contributed by atoms with Gasteiger partial charge in [0.2, 0.25) is 0 Å². The first kappa shape index (κ1) is 27.9. The second kappa shape index (κ2) is 13.1. The molecule has 0 aromatic heterocycles. The summed E-state index contributed by atoms with van der Waals surface area (Å²) in [6, 6.07) is 27.9. The molecule has 0 spiro atoms. The lowest BCUT2D eigenvalue weighted by molar-refractivity contribution is -0.145. The average molecular weight is 503 g/mol. The van der Waals surface area contributed by atoms with Crippen LogP contribution in [0.2, 0.25) is 0 Å². The molecule has 0 bridgehead atoms. The fourth-order valence-electron chi connectivity index (χ4n) is 4.25. The van der Waals surface area contributed by atoms with Gasteiger partial charge < -0.3 is 9.47 Å². The highest BCUT2D eigenvalue weighted by molar-refractivity contribution is 5.84. The Morgan fingerprint density at radius 2 is 1.46 bits per heavy atom. The van der Waals surface area contributed by atoms with Crippen molar-refractivity contribution in [3.63, 3.8) is 0 Å². The lowest BCUT2D eigenvalue weighted by Gasteiger charge is -2.37. The summed E-state index contributed by atoms with van der Waals surface area (Å²) in [5.74, 6) is -0.248. The van der Waals surface area contributed by atoms with Crippen molar-refractivity contribution in [2.24, 2.45) is 0 Å². The molecule has 0 unspecified atom stereocenters. The normalized spacial score (nSPS) is 13.0. The SMILES string of the molecule is CCOC(=O)C[C@@H](c1ccc(NC(=O)OC(C)(C)C)cc1)N(Cc1ccccc1)[C@H](C)c1ccccc1. The number of nitrogens with zero attached hydrogens (tertiary/aromatic N) is 1. The molecule has 0 fully saturated rings. The summed E-state index contributed by atoms with van der Waals surface area (Å²) in [5, 5.41) is 2.78. The van der Waals surface area contributed by atoms with Gasteiger partial charge in [0, 0.05) is 24.3 Å². The molecule has 6 heteroatoms. The van der Waals surface area contributed by atoms with Crippen LogP contribution in [-0.2, 0) is 20.8 Å². The van der Waals surface area contributed by atoms with E-state index < -0.39 is 11.7 Å². The van der Waals surface area contributed by atoms with E-state index in [4.69, 9.17) is 9.47 Å². The first-order valence-corrected chi connectivity index (χ1v) is 12.8. The summed E-state index contributed by atoms with van der Waals surface area (Å²) in [6.07, 6.45) is -0.303. The molecule has 0 radical (unpaired) electrons. The summed E-state index contributed by atoms with van der Waals surface area (Å²) >= 11 is 0. The van der Waals surface area contributed by atoms with Gasteiger partial charge in [0.05, 0.1) is 13.0 Å². The third kappa shape index (κ3) is 8.76. The van der Waals surface area contributed by atoms with Crippen LogP contribution in [0.1, 0.15) is 69.8 Å². The molecule has 1 N–H and O–H groups in total. The molecule has 3 aromatic rings. The van der Waals surface area contributed by atoms with E-state index in [1.807, 2.05) is 88.4 Å². The first-order chi connectivity index (χ1) is 17.7. The van der Waals surface area contributed by atoms with Gasteiger partial charge in [-0.25, -0.2) is 4.79 Å². The van der Waals surface area contributed by atoms with Gasteiger partial charge in [-0.2, -0.15) is 0 Å². The molecule has 196 valence electrons. The smallest absolute Gasteiger partial charge is 0.412 e. The monoisotopic (exact) mass is 502 g/mol. The van der Waals surface area contributed by atoms with E-state index in [1.165, 1.54) is 0 Å². The molecule has 0 heterocycles. The van der Waals surface area contributed by atoms with Gasteiger partial charge in [-0.05, 0) is 63.4 Å². The second-order valence-electron chi connectivity index (χ2n) is 10.0. The Morgan fingerprint density at radius 1 is 0.865 bits per heavy atom. The Morgan fingerprint density at radius 3 is 2.03 bits per heavy atom. The number of nitrogens with one attached hydrogen (secondary N) is 1. The third-order valence-electron chi connectivity index (χ3n) is 5.99. The van der Waals surface area contributed by atoms with Crippen LogP contribution in [0.15, 0.2) is 84.9 Å². The summed E-state index contributed by atoms with van der Waals surface area (Å²) < 4.78 is 10.7. The zero-order valence-corrected chi connectivity index (χ0v) is 22.4. The molecule has 3 rings (SSSR count). The second-order valence-corrected chi connectivity index (χ2v) is 10.0. The average Bonchev–Trinajstić information content (AvgIpc) is 2.86. The first-order valence-electron chi connectivity index (χ1n) is 12.8. The maximum absolute atomic E-state index is 12.8. The predicted molar refractivity (Wildman–Crippen MR) is 147 cm³/mol. The predicted octanol–water partition coefficient (Wildman–Crippen LogP) is 7.29. The van der Waals surface area contributed by atoms with Crippen molar-refractivity contribution < 1.29 is 19.1 Å². The third-order valence-corrected chi connectivity index (χ3v) is 5.99. The number of esters is 1. The highest BCUT2D eigenvalue weighted by Gasteiger charge is 2.29. The lowest BCUT2D eigenvalue weighted by Crippen LogP contribution is -2.33. The van der Waals surface area contributed by atoms with E-state index in [0.717, 1.165) is 16.7 Å². The van der Waals surface area contributed by atoms with E-state index in [9.17, 15) is 9.59 Å². The molecule has 3 aromatic carbocycles. The van der Waals surface area contributed by atoms with Gasteiger partial charge in [-0.3, -0.25) is 15.0 Å². The Labute approximate surface area is 220 Å². The Hall–Kier alpha value is -3.64. The molecule has 0 aliphatic rings. The van der Waals surface area contributed by atoms with Crippen molar-refractivity contribution in [2.75, 3.05) is 11.9 Å². The van der Waals surface area contributed by atoms with Crippen molar-refractivity contribution in [2.45, 2.75) is 65.3 Å². The van der Waals surface area contributed by atoms with Crippen LogP contribution in [0.3, 0.4) is 0 Å². The molecule has 0 saturated heterocycles. The maximum atomic E-state index is 12.8. The van der Waals surface area contributed by atoms with Crippen LogP contribution in [0.4, 0.5) is 10.5 Å². The fourth-order valence-corrected chi connectivity index (χ4v) is 4.25. The Bertz CT molecular complexity index is 1130. The van der Waals surface area contributed by atoms with Gasteiger partial charge in [0.25, 0.3) is 0 Å². The van der Waals surface area contributed by atoms with Crippen LogP contribution >= 0.6 is 0 Å². The van der Waals surface area contributed by atoms with Gasteiger partial charge in [0.15, 0.2) is 0 Å². The van der Waals surface area contributed by atoms with E-state index in [2.05, 4.69) is 41.4 Å². The maximum Gasteiger partial charge on any atom is 0.412 e. The van der Waals surface area contributed by atoms with Crippen molar-refractivity contribution in [1.82, 2.24) is 4.90 Å². The lowest BCUT2D eigenvalue weighted by atomic mass is 9.96. The van der Waals surface area contributed by atoms with Crippen LogP contribution in [0.5, 0.6) is 0 Å². The van der Waals surface area contributed by atoms with Crippen molar-refractivity contribution in [3.05, 3.63) is 102 Å². The largest absolute Gasteiger partial charge is 0.466 e. The zero-order chi connectivity index (χ0) is 26.8. The van der Waals surface area contributed by atoms with Crippen LogP contribution in [0.25, 0.3) is 0 Å². The number of carbonyl (C=O) groups is 2. The van der Waals surface area contributed by atoms with Gasteiger partial charge in [-0.1, -0.05) is 72.8 Å². The minimum Gasteiger partial charge on any atom is -0.466 e. The van der Waals surface area contributed by atoms with Gasteiger partial charge >= 0.3 is 12.1 Å². The van der Waals surface area contributed by atoms with E-state index in [0.29, 0.717) is 18.8 Å². The highest BCUT2D eigenvalue weighted by atomic mass is 16.6. The molecule has 0 aliphatic carbocycles. The summed E-state index contributed by atoms with van der Waals surface area (Å²) in [7, 11) is 0. The number of rotatable bonds is 10. The summed E-state index contributed by atoms with van der Waals surface area (Å²) in [6.45, 7) is 10.4. The van der Waals surface area contributed by atoms with E-state index >= 15 is 0 Å². The number of amides is 1. The number of benzene rings is 3. The zero-order valence-electron chi connectivity index (χ0n) is 22.4. The molecule has 0 saturated carbocycles. The van der Waals surface area contributed by atoms with Crippen molar-refractivity contribution in [1.29, 1.82) is 0 Å². The minimum atomic E-state index is -0.583. The van der Waals surface area contributed by atoms with E-state index in [1.54, 1.807) is 0 Å². The molecule has 6 nitrogen and oxygen atoms in total.